The third-order valence-corrected chi connectivity index (χ3v) is 7.68. The highest BCUT2D eigenvalue weighted by Crippen LogP contribution is 2.27. The van der Waals surface area contributed by atoms with E-state index in [2.05, 4.69) is 58.8 Å². The van der Waals surface area contributed by atoms with Crippen LogP contribution in [0.4, 0.5) is 20.2 Å². The number of amides is 1. The molecule has 16 nitrogen and oxygen atoms in total. The number of methoxy groups -OCH3 is 1. The second-order valence-electron chi connectivity index (χ2n) is 12.4. The molecule has 4 aromatic heterocycles. The number of benzene rings is 2. The predicted molar refractivity (Wildman–Crippen MR) is 199 cm³/mol. The molecule has 6 rings (SSSR count). The van der Waals surface area contributed by atoms with Crippen molar-refractivity contribution >= 4 is 23.3 Å². The lowest BCUT2D eigenvalue weighted by Crippen LogP contribution is -2.19. The summed E-state index contributed by atoms with van der Waals surface area (Å²) in [5.41, 5.74) is 13.9. The van der Waals surface area contributed by atoms with Crippen molar-refractivity contribution < 1.29 is 42.2 Å². The molecule has 0 bridgehead atoms. The molecule has 0 aliphatic heterocycles. The second kappa shape index (κ2) is 16.4. The minimum atomic E-state index is -1.67. The van der Waals surface area contributed by atoms with Crippen LogP contribution in [0.5, 0.6) is 0 Å². The standard InChI is InChI=1S/C20H17FN4O4.C19H16FN5O3/c1-11-24-25-19(29-11)20(2,27)8-7-12-5-4-6-13(9-12)16-14(21)10-15(22)17(23-16)18(26)28-3;1-10-24-25-18(28-10)19(2,27)7-6-11-4-3-5-12(8-11)15-13(20)9-14(21)16(23-15)17(22)26/h4-6,9-10,27H,22H2,1-3H3;3-5,8-9,27H,21H2,1-2H3,(H2,22,26)/t20-;19-/m11/s1. The molecule has 8 N–H and O–H groups in total. The van der Waals surface area contributed by atoms with Gasteiger partial charge < -0.3 is 41.0 Å². The van der Waals surface area contributed by atoms with Gasteiger partial charge in [0.1, 0.15) is 11.4 Å². The molecular weight excluding hydrogens is 744 g/mol. The number of nitrogen functional groups attached to an aromatic ring is 2. The zero-order valence-electron chi connectivity index (χ0n) is 30.9. The molecule has 0 spiro atoms. The van der Waals surface area contributed by atoms with E-state index in [0.29, 0.717) is 34.0 Å². The van der Waals surface area contributed by atoms with Crippen molar-refractivity contribution in [2.24, 2.45) is 5.73 Å². The molecule has 1 amide bonds. The summed E-state index contributed by atoms with van der Waals surface area (Å²) in [5, 5.41) is 35.7. The van der Waals surface area contributed by atoms with Gasteiger partial charge in [-0.2, -0.15) is 0 Å². The fourth-order valence-corrected chi connectivity index (χ4v) is 4.84. The molecule has 0 radical (unpaired) electrons. The van der Waals surface area contributed by atoms with Crippen LogP contribution in [0.25, 0.3) is 22.5 Å². The van der Waals surface area contributed by atoms with Crippen molar-refractivity contribution in [2.45, 2.75) is 38.9 Å². The number of ether oxygens (including phenoxy) is 1. The lowest BCUT2D eigenvalue weighted by Gasteiger charge is -2.10. The number of carbonyl (C=O) groups excluding carboxylic acids is 2. The number of halogens is 2. The lowest BCUT2D eigenvalue weighted by atomic mass is 10.0. The maximum absolute atomic E-state index is 14.4. The Hall–Kier alpha value is -7.54. The number of rotatable bonds is 6. The maximum atomic E-state index is 14.4. The van der Waals surface area contributed by atoms with Gasteiger partial charge >= 0.3 is 5.97 Å². The molecular formula is C39H33F2N9O7. The highest BCUT2D eigenvalue weighted by molar-refractivity contribution is 5.96. The zero-order chi connectivity index (χ0) is 41.7. The first-order valence-electron chi connectivity index (χ1n) is 16.5. The molecule has 18 heteroatoms. The van der Waals surface area contributed by atoms with Gasteiger partial charge in [0.2, 0.25) is 23.0 Å². The second-order valence-corrected chi connectivity index (χ2v) is 12.4. The summed E-state index contributed by atoms with van der Waals surface area (Å²) in [4.78, 5) is 31.2. The van der Waals surface area contributed by atoms with Gasteiger partial charge in [0.25, 0.3) is 17.7 Å². The Morgan fingerprint density at radius 3 is 1.53 bits per heavy atom. The molecule has 6 aromatic rings. The molecule has 4 heterocycles. The van der Waals surface area contributed by atoms with Crippen LogP contribution in [0.2, 0.25) is 0 Å². The van der Waals surface area contributed by atoms with E-state index in [0.717, 1.165) is 12.1 Å². The van der Waals surface area contributed by atoms with Crippen LogP contribution >= 0.6 is 0 Å². The van der Waals surface area contributed by atoms with Gasteiger partial charge in [0.15, 0.2) is 23.0 Å². The number of hydrogen-bond donors (Lipinski definition) is 5. The number of aryl methyl sites for hydroxylation is 2. The smallest absolute Gasteiger partial charge is 0.358 e. The normalized spacial score (nSPS) is 12.6. The van der Waals surface area contributed by atoms with Gasteiger partial charge in [0, 0.05) is 48.2 Å². The Morgan fingerprint density at radius 1 is 0.719 bits per heavy atom. The Labute approximate surface area is 323 Å². The number of primary amides is 1. The molecule has 290 valence electrons. The first-order chi connectivity index (χ1) is 26.9. The number of hydrogen-bond acceptors (Lipinski definition) is 15. The van der Waals surface area contributed by atoms with E-state index in [-0.39, 0.29) is 45.9 Å². The van der Waals surface area contributed by atoms with Gasteiger partial charge in [0.05, 0.1) is 18.5 Å². The van der Waals surface area contributed by atoms with E-state index in [9.17, 15) is 28.6 Å². The first kappa shape index (κ1) is 40.6. The summed E-state index contributed by atoms with van der Waals surface area (Å²) >= 11 is 0. The third-order valence-electron chi connectivity index (χ3n) is 7.68. The molecule has 2 atom stereocenters. The summed E-state index contributed by atoms with van der Waals surface area (Å²) in [6, 6.07) is 14.9. The number of carbonyl (C=O) groups is 2. The van der Waals surface area contributed by atoms with Crippen LogP contribution in [0, 0.1) is 49.2 Å². The number of nitrogens with zero attached hydrogens (tertiary/aromatic N) is 6. The van der Waals surface area contributed by atoms with E-state index >= 15 is 0 Å². The average Bonchev–Trinajstić information content (AvgIpc) is 3.82. The first-order valence-corrected chi connectivity index (χ1v) is 16.5. The Kier molecular flexibility index (Phi) is 11.7. The molecule has 0 aliphatic rings. The summed E-state index contributed by atoms with van der Waals surface area (Å²) in [7, 11) is 1.18. The van der Waals surface area contributed by atoms with Crippen molar-refractivity contribution in [2.75, 3.05) is 18.6 Å². The van der Waals surface area contributed by atoms with Gasteiger partial charge in [-0.15, -0.1) is 20.4 Å². The number of aromatic nitrogens is 6. The summed E-state index contributed by atoms with van der Waals surface area (Å²) in [6.07, 6.45) is 0. The van der Waals surface area contributed by atoms with Crippen LogP contribution in [-0.2, 0) is 15.9 Å². The molecule has 0 unspecified atom stereocenters. The van der Waals surface area contributed by atoms with E-state index in [1.807, 2.05) is 0 Å². The molecule has 0 saturated carbocycles. The summed E-state index contributed by atoms with van der Waals surface area (Å²) < 4.78 is 43.8. The van der Waals surface area contributed by atoms with Gasteiger partial charge in [-0.25, -0.2) is 23.5 Å². The highest BCUT2D eigenvalue weighted by Gasteiger charge is 2.28. The third kappa shape index (κ3) is 9.59. The monoisotopic (exact) mass is 777 g/mol. The van der Waals surface area contributed by atoms with Crippen LogP contribution in [0.15, 0.2) is 69.5 Å². The number of pyridine rings is 2. The Balaban J connectivity index is 0.000000218. The lowest BCUT2D eigenvalue weighted by molar-refractivity contribution is 0.0595. The van der Waals surface area contributed by atoms with E-state index in [4.69, 9.17) is 26.0 Å². The topological polar surface area (TPSA) is 266 Å². The Morgan fingerprint density at radius 2 is 1.14 bits per heavy atom. The summed E-state index contributed by atoms with van der Waals surface area (Å²) in [6.45, 7) is 6.02. The van der Waals surface area contributed by atoms with Crippen LogP contribution in [0.1, 0.15) is 69.5 Å². The zero-order valence-corrected chi connectivity index (χ0v) is 30.9. The maximum Gasteiger partial charge on any atom is 0.358 e. The average molecular weight is 778 g/mol. The highest BCUT2D eigenvalue weighted by atomic mass is 19.1. The van der Waals surface area contributed by atoms with Crippen molar-refractivity contribution in [1.29, 1.82) is 0 Å². The summed E-state index contributed by atoms with van der Waals surface area (Å²) in [5.74, 6) is 8.34. The molecule has 0 fully saturated rings. The molecule has 2 aromatic carbocycles. The number of anilines is 2. The number of esters is 1. The van der Waals surface area contributed by atoms with E-state index in [1.54, 1.807) is 62.4 Å². The van der Waals surface area contributed by atoms with Crippen molar-refractivity contribution in [3.8, 4) is 46.2 Å². The largest absolute Gasteiger partial charge is 0.464 e. The van der Waals surface area contributed by atoms with Crippen molar-refractivity contribution in [3.05, 3.63) is 118 Å². The van der Waals surface area contributed by atoms with Crippen molar-refractivity contribution in [3.63, 3.8) is 0 Å². The van der Waals surface area contributed by atoms with Crippen LogP contribution < -0.4 is 17.2 Å². The van der Waals surface area contributed by atoms with Crippen molar-refractivity contribution in [1.82, 2.24) is 30.4 Å². The van der Waals surface area contributed by atoms with Gasteiger partial charge in [-0.3, -0.25) is 4.79 Å². The number of nitrogens with two attached hydrogens (primary N) is 3. The number of aliphatic hydroxyl groups is 2. The SMILES string of the molecule is COC(=O)c1nc(-c2cccc(C#C[C@@](C)(O)c3nnc(C)o3)c2)c(F)cc1N.Cc1nnc([C@](C)(O)C#Cc2cccc(-c3nc(C(N)=O)c(N)cc3F)c2)o1. The minimum Gasteiger partial charge on any atom is -0.464 e. The van der Waals surface area contributed by atoms with E-state index < -0.39 is 34.7 Å². The van der Waals surface area contributed by atoms with Crippen LogP contribution in [-0.4, -0.2) is 59.6 Å². The minimum absolute atomic E-state index is 0.0346. The van der Waals surface area contributed by atoms with E-state index in [1.165, 1.54) is 21.0 Å². The molecule has 57 heavy (non-hydrogen) atoms. The Bertz CT molecular complexity index is 2630. The fourth-order valence-electron chi connectivity index (χ4n) is 4.84. The molecule has 0 aliphatic carbocycles. The van der Waals surface area contributed by atoms with Gasteiger partial charge in [-0.1, -0.05) is 47.9 Å². The fraction of sp³-hybridized carbons (Fsp3) is 0.179. The van der Waals surface area contributed by atoms with Gasteiger partial charge in [-0.05, 0) is 38.1 Å². The quantitative estimate of drug-likeness (QED) is 0.119. The molecule has 0 saturated heterocycles. The predicted octanol–water partition coefficient (Wildman–Crippen LogP) is 3.73. The van der Waals surface area contributed by atoms with Crippen LogP contribution in [0.3, 0.4) is 0 Å².